The first kappa shape index (κ1) is 28.4. The Kier molecular flexibility index (Phi) is 8.01. The molecule has 39 heavy (non-hydrogen) atoms. The summed E-state index contributed by atoms with van der Waals surface area (Å²) in [7, 11) is 0. The number of hydrogen-bond donors (Lipinski definition) is 0. The molecule has 4 aliphatic carbocycles. The number of nitrogens with zero attached hydrogens (tertiary/aromatic N) is 1. The van der Waals surface area contributed by atoms with Gasteiger partial charge in [0.25, 0.3) is 5.69 Å². The fourth-order valence-corrected chi connectivity index (χ4v) is 9.69. The summed E-state index contributed by atoms with van der Waals surface area (Å²) in [5.74, 6) is 4.54. The highest BCUT2D eigenvalue weighted by Crippen LogP contribution is 2.67. The summed E-state index contributed by atoms with van der Waals surface area (Å²) in [4.78, 5) is 23.3. The Hall–Kier alpha value is -2.17. The molecule has 0 heterocycles. The zero-order valence-corrected chi connectivity index (χ0v) is 24.8. The second kappa shape index (κ2) is 11.0. The largest absolute Gasteiger partial charge is 0.458 e. The molecule has 0 spiro atoms. The molecule has 8 atom stereocenters. The van der Waals surface area contributed by atoms with E-state index in [0.29, 0.717) is 11.0 Å². The van der Waals surface area contributed by atoms with Crippen molar-refractivity contribution in [3.05, 3.63) is 51.6 Å². The molecule has 4 aliphatic rings. The van der Waals surface area contributed by atoms with E-state index in [9.17, 15) is 14.9 Å². The van der Waals surface area contributed by atoms with E-state index >= 15 is 0 Å². The van der Waals surface area contributed by atoms with E-state index in [-0.39, 0.29) is 23.2 Å². The van der Waals surface area contributed by atoms with Gasteiger partial charge in [-0.25, -0.2) is 4.79 Å². The van der Waals surface area contributed by atoms with Crippen LogP contribution in [0.5, 0.6) is 0 Å². The predicted molar refractivity (Wildman–Crippen MR) is 155 cm³/mol. The topological polar surface area (TPSA) is 69.4 Å². The second-order valence-electron chi connectivity index (χ2n) is 14.4. The van der Waals surface area contributed by atoms with E-state index < -0.39 is 4.92 Å². The molecule has 0 saturated heterocycles. The van der Waals surface area contributed by atoms with Crippen LogP contribution in [-0.4, -0.2) is 17.0 Å². The molecule has 0 aliphatic heterocycles. The van der Waals surface area contributed by atoms with Gasteiger partial charge in [-0.3, -0.25) is 10.1 Å². The summed E-state index contributed by atoms with van der Waals surface area (Å²) in [5.41, 5.74) is 2.60. The maximum atomic E-state index is 12.8. The van der Waals surface area contributed by atoms with Gasteiger partial charge in [0.2, 0.25) is 0 Å². The van der Waals surface area contributed by atoms with Crippen molar-refractivity contribution in [2.24, 2.45) is 46.3 Å². The molecule has 0 radical (unpaired) electrons. The molecule has 0 N–H and O–H groups in total. The molecule has 0 amide bonds. The van der Waals surface area contributed by atoms with Gasteiger partial charge in [-0.1, -0.05) is 65.5 Å². The molecule has 0 unspecified atom stereocenters. The SMILES string of the molecule is CC(C)CCC[C@@H](C)[C@H]1CC[C@@H]2[C@@H]3CC=C4C[C@H](OC(=O)c5ccc([N+](=O)[O-])cc5)CC[C@]4(C)[C@H]3CC[C@@]21C. The zero-order valence-electron chi connectivity index (χ0n) is 24.8. The fourth-order valence-electron chi connectivity index (χ4n) is 9.69. The maximum Gasteiger partial charge on any atom is 0.338 e. The molecule has 5 heteroatoms. The standard InChI is InChI=1S/C34H49NO4/c1-22(2)7-6-8-23(3)29-15-16-30-28-14-11-25-21-27(17-19-33(25,4)31(28)18-20-34(29,30)5)39-32(36)24-9-12-26(13-10-24)35(37)38/h9-13,22-23,27-31H,6-8,14-21H2,1-5H3/t23-,27-,28+,29-,30-,31+,33+,34-/m1/s1. The molecule has 3 fully saturated rings. The van der Waals surface area contributed by atoms with Gasteiger partial charge in [0.05, 0.1) is 10.5 Å². The van der Waals surface area contributed by atoms with E-state index in [1.54, 1.807) is 0 Å². The lowest BCUT2D eigenvalue weighted by molar-refractivity contribution is -0.384. The molecule has 0 bridgehead atoms. The minimum absolute atomic E-state index is 0.0142. The number of esters is 1. The van der Waals surface area contributed by atoms with Gasteiger partial charge >= 0.3 is 5.97 Å². The van der Waals surface area contributed by atoms with Crippen molar-refractivity contribution >= 4 is 11.7 Å². The van der Waals surface area contributed by atoms with E-state index in [2.05, 4.69) is 40.7 Å². The summed E-state index contributed by atoms with van der Waals surface area (Å²) in [6.07, 6.45) is 16.1. The van der Waals surface area contributed by atoms with Gasteiger partial charge in [0.1, 0.15) is 6.10 Å². The Morgan fingerprint density at radius 3 is 2.46 bits per heavy atom. The van der Waals surface area contributed by atoms with Gasteiger partial charge in [-0.2, -0.15) is 0 Å². The lowest BCUT2D eigenvalue weighted by Crippen LogP contribution is -2.51. The highest BCUT2D eigenvalue weighted by atomic mass is 16.6. The number of rotatable bonds is 8. The van der Waals surface area contributed by atoms with Crippen molar-refractivity contribution in [1.82, 2.24) is 0 Å². The summed E-state index contributed by atoms with van der Waals surface area (Å²) in [5, 5.41) is 10.9. The smallest absolute Gasteiger partial charge is 0.338 e. The van der Waals surface area contributed by atoms with Gasteiger partial charge in [-0.05, 0) is 103 Å². The Morgan fingerprint density at radius 1 is 1.03 bits per heavy atom. The van der Waals surface area contributed by atoms with Crippen molar-refractivity contribution in [1.29, 1.82) is 0 Å². The third-order valence-electron chi connectivity index (χ3n) is 11.8. The highest BCUT2D eigenvalue weighted by Gasteiger charge is 2.59. The normalized spacial score (nSPS) is 36.4. The minimum atomic E-state index is -0.450. The van der Waals surface area contributed by atoms with Crippen molar-refractivity contribution in [3.63, 3.8) is 0 Å². The fraction of sp³-hybridized carbons (Fsp3) is 0.735. The van der Waals surface area contributed by atoms with Crippen LogP contribution in [0.4, 0.5) is 5.69 Å². The number of nitro benzene ring substituents is 1. The van der Waals surface area contributed by atoms with Crippen molar-refractivity contribution in [2.45, 2.75) is 111 Å². The minimum Gasteiger partial charge on any atom is -0.458 e. The van der Waals surface area contributed by atoms with E-state index in [1.165, 1.54) is 81.2 Å². The monoisotopic (exact) mass is 535 g/mol. The third-order valence-corrected chi connectivity index (χ3v) is 11.8. The average Bonchev–Trinajstić information content (AvgIpc) is 3.26. The lowest BCUT2D eigenvalue weighted by atomic mass is 9.47. The van der Waals surface area contributed by atoms with E-state index in [0.717, 1.165) is 54.8 Å². The first-order valence-electron chi connectivity index (χ1n) is 15.7. The number of carbonyl (C=O) groups is 1. The summed E-state index contributed by atoms with van der Waals surface area (Å²) in [6.45, 7) is 12.4. The first-order valence-corrected chi connectivity index (χ1v) is 15.7. The second-order valence-corrected chi connectivity index (χ2v) is 14.4. The Labute approximate surface area is 235 Å². The Balaban J connectivity index is 1.23. The molecular formula is C34H49NO4. The van der Waals surface area contributed by atoms with Crippen LogP contribution in [0.25, 0.3) is 0 Å². The van der Waals surface area contributed by atoms with Crippen LogP contribution in [0.2, 0.25) is 0 Å². The summed E-state index contributed by atoms with van der Waals surface area (Å²) < 4.78 is 5.93. The number of allylic oxidation sites excluding steroid dienone is 1. The number of benzene rings is 1. The molecule has 5 rings (SSSR count). The number of fused-ring (bicyclic) bond motifs is 5. The molecule has 3 saturated carbocycles. The number of nitro groups is 1. The number of hydrogen-bond acceptors (Lipinski definition) is 4. The van der Waals surface area contributed by atoms with Gasteiger partial charge in [0, 0.05) is 18.6 Å². The van der Waals surface area contributed by atoms with Crippen molar-refractivity contribution in [2.75, 3.05) is 0 Å². The molecule has 1 aromatic rings. The molecule has 214 valence electrons. The van der Waals surface area contributed by atoms with E-state index in [4.69, 9.17) is 4.74 Å². The van der Waals surface area contributed by atoms with Crippen LogP contribution in [0.15, 0.2) is 35.9 Å². The molecule has 5 nitrogen and oxygen atoms in total. The maximum absolute atomic E-state index is 12.8. The van der Waals surface area contributed by atoms with Crippen LogP contribution in [0.3, 0.4) is 0 Å². The number of carbonyl (C=O) groups excluding carboxylic acids is 1. The highest BCUT2D eigenvalue weighted by molar-refractivity contribution is 5.89. The third kappa shape index (κ3) is 5.32. The van der Waals surface area contributed by atoms with Gasteiger partial charge in [-0.15, -0.1) is 0 Å². The van der Waals surface area contributed by atoms with Crippen LogP contribution in [-0.2, 0) is 4.74 Å². The molecular weight excluding hydrogens is 486 g/mol. The van der Waals surface area contributed by atoms with Crippen LogP contribution in [0, 0.1) is 56.5 Å². The lowest BCUT2D eigenvalue weighted by Gasteiger charge is -2.58. The molecule has 1 aromatic carbocycles. The summed E-state index contributed by atoms with van der Waals surface area (Å²) in [6, 6.07) is 5.73. The zero-order chi connectivity index (χ0) is 27.9. The first-order chi connectivity index (χ1) is 18.5. The predicted octanol–water partition coefficient (Wildman–Crippen LogP) is 9.16. The van der Waals surface area contributed by atoms with Crippen LogP contribution < -0.4 is 0 Å². The number of ether oxygens (including phenoxy) is 1. The quantitative estimate of drug-likeness (QED) is 0.144. The van der Waals surface area contributed by atoms with Crippen molar-refractivity contribution < 1.29 is 14.5 Å². The van der Waals surface area contributed by atoms with Crippen LogP contribution in [0.1, 0.15) is 116 Å². The van der Waals surface area contributed by atoms with E-state index in [1.807, 2.05) is 0 Å². The van der Waals surface area contributed by atoms with Crippen molar-refractivity contribution in [3.8, 4) is 0 Å². The van der Waals surface area contributed by atoms with Gasteiger partial charge in [0.15, 0.2) is 0 Å². The number of non-ortho nitro benzene ring substituents is 1. The summed E-state index contributed by atoms with van der Waals surface area (Å²) >= 11 is 0. The Morgan fingerprint density at radius 2 is 1.77 bits per heavy atom. The van der Waals surface area contributed by atoms with Gasteiger partial charge < -0.3 is 4.74 Å². The average molecular weight is 536 g/mol. The molecule has 0 aromatic heterocycles. The van der Waals surface area contributed by atoms with Crippen LogP contribution >= 0.6 is 0 Å². The Bertz CT molecular complexity index is 1090.